The molecule has 1 aromatic carbocycles. The lowest BCUT2D eigenvalue weighted by molar-refractivity contribution is 0.102. The fraction of sp³-hybridized carbons (Fsp3) is 0.235. The molecule has 0 saturated heterocycles. The van der Waals surface area contributed by atoms with E-state index in [9.17, 15) is 4.79 Å². The summed E-state index contributed by atoms with van der Waals surface area (Å²) in [6.07, 6.45) is 1.73. The van der Waals surface area contributed by atoms with Gasteiger partial charge in [-0.15, -0.1) is 0 Å². The standard InChI is InChI=1S/C17H18ClN5O/c1-11-16(19-17(24)15-8-9-22(3)21-15)12(2)23(20-11)10-13-4-6-14(18)7-5-13/h4-9H,10H2,1-3H3,(H,19,24). The van der Waals surface area contributed by atoms with Crippen molar-refractivity contribution < 1.29 is 4.79 Å². The maximum Gasteiger partial charge on any atom is 0.276 e. The van der Waals surface area contributed by atoms with Gasteiger partial charge in [-0.3, -0.25) is 14.2 Å². The van der Waals surface area contributed by atoms with Crippen LogP contribution in [0, 0.1) is 13.8 Å². The number of aromatic nitrogens is 4. The molecule has 0 aliphatic heterocycles. The second-order valence-electron chi connectivity index (χ2n) is 5.66. The minimum Gasteiger partial charge on any atom is -0.317 e. The Morgan fingerprint density at radius 1 is 1.17 bits per heavy atom. The smallest absolute Gasteiger partial charge is 0.276 e. The number of anilines is 1. The van der Waals surface area contributed by atoms with Gasteiger partial charge in [-0.05, 0) is 37.6 Å². The van der Waals surface area contributed by atoms with Gasteiger partial charge in [0.25, 0.3) is 5.91 Å². The van der Waals surface area contributed by atoms with Gasteiger partial charge in [-0.1, -0.05) is 23.7 Å². The Morgan fingerprint density at radius 3 is 2.50 bits per heavy atom. The third-order valence-electron chi connectivity index (χ3n) is 3.81. The Kier molecular flexibility index (Phi) is 4.40. The topological polar surface area (TPSA) is 64.7 Å². The minimum absolute atomic E-state index is 0.243. The highest BCUT2D eigenvalue weighted by molar-refractivity contribution is 6.30. The van der Waals surface area contributed by atoms with Crippen LogP contribution in [0.15, 0.2) is 36.5 Å². The predicted octanol–water partition coefficient (Wildman–Crippen LogP) is 3.19. The average molecular weight is 344 g/mol. The molecule has 1 N–H and O–H groups in total. The van der Waals surface area contributed by atoms with Gasteiger partial charge < -0.3 is 5.32 Å². The third kappa shape index (κ3) is 3.33. The number of carbonyl (C=O) groups excluding carboxylic acids is 1. The van der Waals surface area contributed by atoms with Crippen molar-refractivity contribution in [3.05, 3.63) is 64.2 Å². The first-order valence-corrected chi connectivity index (χ1v) is 7.91. The maximum absolute atomic E-state index is 12.3. The molecule has 2 heterocycles. The highest BCUT2D eigenvalue weighted by Crippen LogP contribution is 2.21. The third-order valence-corrected chi connectivity index (χ3v) is 4.06. The van der Waals surface area contributed by atoms with E-state index in [2.05, 4.69) is 15.5 Å². The summed E-state index contributed by atoms with van der Waals surface area (Å²) in [5.41, 5.74) is 3.85. The van der Waals surface area contributed by atoms with E-state index in [4.69, 9.17) is 11.6 Å². The van der Waals surface area contributed by atoms with Gasteiger partial charge in [0.2, 0.25) is 0 Å². The molecule has 3 rings (SSSR count). The van der Waals surface area contributed by atoms with Crippen LogP contribution in [-0.4, -0.2) is 25.5 Å². The van der Waals surface area contributed by atoms with Crippen LogP contribution in [0.1, 0.15) is 27.4 Å². The monoisotopic (exact) mass is 343 g/mol. The van der Waals surface area contributed by atoms with Gasteiger partial charge >= 0.3 is 0 Å². The molecule has 7 heteroatoms. The summed E-state index contributed by atoms with van der Waals surface area (Å²) in [5, 5.41) is 12.2. The molecule has 0 aliphatic carbocycles. The summed E-state index contributed by atoms with van der Waals surface area (Å²) in [6, 6.07) is 9.31. The quantitative estimate of drug-likeness (QED) is 0.791. The number of hydrogen-bond acceptors (Lipinski definition) is 3. The number of nitrogens with zero attached hydrogens (tertiary/aromatic N) is 4. The van der Waals surface area contributed by atoms with Gasteiger partial charge in [0, 0.05) is 18.3 Å². The van der Waals surface area contributed by atoms with Crippen LogP contribution in [0.5, 0.6) is 0 Å². The molecule has 0 fully saturated rings. The first-order valence-electron chi connectivity index (χ1n) is 7.53. The molecule has 2 aromatic heterocycles. The average Bonchev–Trinajstić information content (AvgIpc) is 3.09. The van der Waals surface area contributed by atoms with E-state index < -0.39 is 0 Å². The number of amides is 1. The highest BCUT2D eigenvalue weighted by Gasteiger charge is 2.16. The first-order chi connectivity index (χ1) is 11.4. The normalized spacial score (nSPS) is 10.8. The summed E-state index contributed by atoms with van der Waals surface area (Å²) in [5.74, 6) is -0.243. The van der Waals surface area contributed by atoms with E-state index in [0.29, 0.717) is 17.3 Å². The van der Waals surface area contributed by atoms with Crippen molar-refractivity contribution in [1.82, 2.24) is 19.6 Å². The first kappa shape index (κ1) is 16.3. The zero-order valence-electron chi connectivity index (χ0n) is 13.7. The van der Waals surface area contributed by atoms with E-state index in [0.717, 1.165) is 22.6 Å². The van der Waals surface area contributed by atoms with Crippen molar-refractivity contribution in [2.45, 2.75) is 20.4 Å². The summed E-state index contributed by atoms with van der Waals surface area (Å²) >= 11 is 5.91. The van der Waals surface area contributed by atoms with E-state index in [-0.39, 0.29) is 5.91 Å². The van der Waals surface area contributed by atoms with Gasteiger partial charge in [0.05, 0.1) is 23.6 Å². The lowest BCUT2D eigenvalue weighted by Crippen LogP contribution is -2.14. The van der Waals surface area contributed by atoms with Crippen LogP contribution in [0.25, 0.3) is 0 Å². The number of carbonyl (C=O) groups is 1. The van der Waals surface area contributed by atoms with Crippen LogP contribution < -0.4 is 5.32 Å². The Hall–Kier alpha value is -2.60. The van der Waals surface area contributed by atoms with E-state index in [1.54, 1.807) is 24.0 Å². The number of halogens is 1. The van der Waals surface area contributed by atoms with Crippen LogP contribution >= 0.6 is 11.6 Å². The van der Waals surface area contributed by atoms with E-state index in [1.165, 1.54) is 0 Å². The van der Waals surface area contributed by atoms with E-state index in [1.807, 2.05) is 42.8 Å². The van der Waals surface area contributed by atoms with Crippen LogP contribution in [0.2, 0.25) is 5.02 Å². The number of hydrogen-bond donors (Lipinski definition) is 1. The molecule has 0 spiro atoms. The van der Waals surface area contributed by atoms with Crippen LogP contribution in [-0.2, 0) is 13.6 Å². The Balaban J connectivity index is 1.81. The Labute approximate surface area is 145 Å². The summed E-state index contributed by atoms with van der Waals surface area (Å²) in [7, 11) is 1.78. The van der Waals surface area contributed by atoms with Crippen molar-refractivity contribution in [3.63, 3.8) is 0 Å². The van der Waals surface area contributed by atoms with Crippen molar-refractivity contribution in [2.75, 3.05) is 5.32 Å². The molecule has 1 amide bonds. The van der Waals surface area contributed by atoms with E-state index >= 15 is 0 Å². The molecule has 0 unspecified atom stereocenters. The van der Waals surface area contributed by atoms with Gasteiger partial charge in [-0.25, -0.2) is 0 Å². The molecule has 0 aliphatic rings. The van der Waals surface area contributed by atoms with Crippen LogP contribution in [0.3, 0.4) is 0 Å². The molecule has 6 nitrogen and oxygen atoms in total. The maximum atomic E-state index is 12.3. The lowest BCUT2D eigenvalue weighted by Gasteiger charge is -2.07. The molecule has 0 atom stereocenters. The fourth-order valence-electron chi connectivity index (χ4n) is 2.51. The molecule has 124 valence electrons. The van der Waals surface area contributed by atoms with Crippen molar-refractivity contribution in [3.8, 4) is 0 Å². The molecule has 3 aromatic rings. The molecule has 0 saturated carbocycles. The molecule has 24 heavy (non-hydrogen) atoms. The van der Waals surface area contributed by atoms with Crippen molar-refractivity contribution >= 4 is 23.2 Å². The molecular weight excluding hydrogens is 326 g/mol. The van der Waals surface area contributed by atoms with Gasteiger partial charge in [0.1, 0.15) is 0 Å². The summed E-state index contributed by atoms with van der Waals surface area (Å²) in [6.45, 7) is 4.42. The second kappa shape index (κ2) is 6.49. The zero-order chi connectivity index (χ0) is 17.3. The zero-order valence-corrected chi connectivity index (χ0v) is 14.5. The molecular formula is C17H18ClN5O. The summed E-state index contributed by atoms with van der Waals surface area (Å²) in [4.78, 5) is 12.3. The van der Waals surface area contributed by atoms with Gasteiger partial charge in [-0.2, -0.15) is 10.2 Å². The molecule has 0 bridgehead atoms. The fourth-order valence-corrected chi connectivity index (χ4v) is 2.63. The van der Waals surface area contributed by atoms with Crippen LogP contribution in [0.4, 0.5) is 5.69 Å². The number of rotatable bonds is 4. The van der Waals surface area contributed by atoms with Gasteiger partial charge in [0.15, 0.2) is 5.69 Å². The predicted molar refractivity (Wildman–Crippen MR) is 93.4 cm³/mol. The number of benzene rings is 1. The van der Waals surface area contributed by atoms with Crippen molar-refractivity contribution in [1.29, 1.82) is 0 Å². The highest BCUT2D eigenvalue weighted by atomic mass is 35.5. The minimum atomic E-state index is -0.243. The Bertz CT molecular complexity index is 879. The second-order valence-corrected chi connectivity index (χ2v) is 6.10. The molecule has 0 radical (unpaired) electrons. The lowest BCUT2D eigenvalue weighted by atomic mass is 10.2. The number of aryl methyl sites for hydroxylation is 2. The SMILES string of the molecule is Cc1nn(Cc2ccc(Cl)cc2)c(C)c1NC(=O)c1ccn(C)n1. The Morgan fingerprint density at radius 2 is 1.88 bits per heavy atom. The number of nitrogens with one attached hydrogen (secondary N) is 1. The van der Waals surface area contributed by atoms with Crippen molar-refractivity contribution in [2.24, 2.45) is 7.05 Å². The summed E-state index contributed by atoms with van der Waals surface area (Å²) < 4.78 is 3.46. The largest absolute Gasteiger partial charge is 0.317 e.